The minimum absolute atomic E-state index is 0.0293. The summed E-state index contributed by atoms with van der Waals surface area (Å²) >= 11 is 12.0. The molecule has 3 nitrogen and oxygen atoms in total. The van der Waals surface area contributed by atoms with Crippen LogP contribution in [0.4, 0.5) is 4.79 Å². The predicted octanol–water partition coefficient (Wildman–Crippen LogP) is 3.98. The van der Waals surface area contributed by atoms with Gasteiger partial charge in [0.05, 0.1) is 0 Å². The maximum atomic E-state index is 12.0. The fraction of sp³-hybridized carbons (Fsp3) is 0.533. The molecule has 1 aromatic rings. The van der Waals surface area contributed by atoms with Gasteiger partial charge in [0.25, 0.3) is 0 Å². The Morgan fingerprint density at radius 2 is 2.25 bits per heavy atom. The van der Waals surface area contributed by atoms with Crippen LogP contribution in [0.25, 0.3) is 0 Å². The number of benzene rings is 1. The molecule has 1 unspecified atom stereocenters. The summed E-state index contributed by atoms with van der Waals surface area (Å²) in [6.07, 6.45) is 3.02. The van der Waals surface area contributed by atoms with Gasteiger partial charge in [-0.2, -0.15) is 0 Å². The highest BCUT2D eigenvalue weighted by Gasteiger charge is 2.20. The SMILES string of the molecule is CC1CCCN(C(=O)NCCc2ccc(Cl)cc2Cl)C1. The van der Waals surface area contributed by atoms with Crippen molar-refractivity contribution in [2.24, 2.45) is 5.92 Å². The van der Waals surface area contributed by atoms with Gasteiger partial charge in [0.15, 0.2) is 0 Å². The van der Waals surface area contributed by atoms with Gasteiger partial charge in [-0.15, -0.1) is 0 Å². The first kappa shape index (κ1) is 15.5. The molecule has 1 aromatic carbocycles. The molecule has 0 aromatic heterocycles. The van der Waals surface area contributed by atoms with Crippen molar-refractivity contribution in [1.29, 1.82) is 0 Å². The van der Waals surface area contributed by atoms with E-state index >= 15 is 0 Å². The molecule has 1 saturated heterocycles. The normalized spacial score (nSPS) is 18.9. The van der Waals surface area contributed by atoms with E-state index in [4.69, 9.17) is 23.2 Å². The summed E-state index contributed by atoms with van der Waals surface area (Å²) in [6.45, 7) is 4.49. The lowest BCUT2D eigenvalue weighted by Crippen LogP contribution is -2.45. The lowest BCUT2D eigenvalue weighted by molar-refractivity contribution is 0.170. The summed E-state index contributed by atoms with van der Waals surface area (Å²) in [4.78, 5) is 13.9. The first-order valence-electron chi connectivity index (χ1n) is 7.03. The lowest BCUT2D eigenvalue weighted by Gasteiger charge is -2.30. The summed E-state index contributed by atoms with van der Waals surface area (Å²) in [5, 5.41) is 4.24. The fourth-order valence-corrected chi connectivity index (χ4v) is 3.02. The second kappa shape index (κ2) is 7.19. The molecule has 2 amide bonds. The molecular weight excluding hydrogens is 295 g/mol. The number of hydrogen-bond acceptors (Lipinski definition) is 1. The van der Waals surface area contributed by atoms with E-state index in [0.29, 0.717) is 28.9 Å². The molecule has 5 heteroatoms. The van der Waals surface area contributed by atoms with Crippen LogP contribution in [0.2, 0.25) is 10.0 Å². The molecule has 0 spiro atoms. The van der Waals surface area contributed by atoms with E-state index in [1.807, 2.05) is 17.0 Å². The van der Waals surface area contributed by atoms with E-state index in [9.17, 15) is 4.79 Å². The van der Waals surface area contributed by atoms with Gasteiger partial charge >= 0.3 is 6.03 Å². The Morgan fingerprint density at radius 1 is 1.45 bits per heavy atom. The Bertz CT molecular complexity index is 479. The number of amides is 2. The monoisotopic (exact) mass is 314 g/mol. The highest BCUT2D eigenvalue weighted by Crippen LogP contribution is 2.21. The van der Waals surface area contributed by atoms with Crippen LogP contribution in [-0.2, 0) is 6.42 Å². The highest BCUT2D eigenvalue weighted by molar-refractivity contribution is 6.35. The second-order valence-corrected chi connectivity index (χ2v) is 6.25. The van der Waals surface area contributed by atoms with Crippen molar-refractivity contribution < 1.29 is 4.79 Å². The number of nitrogens with one attached hydrogen (secondary N) is 1. The van der Waals surface area contributed by atoms with Crippen molar-refractivity contribution in [2.75, 3.05) is 19.6 Å². The number of hydrogen-bond donors (Lipinski definition) is 1. The van der Waals surface area contributed by atoms with E-state index in [2.05, 4.69) is 12.2 Å². The minimum Gasteiger partial charge on any atom is -0.338 e. The predicted molar refractivity (Wildman–Crippen MR) is 83.5 cm³/mol. The van der Waals surface area contributed by atoms with E-state index in [1.54, 1.807) is 6.07 Å². The van der Waals surface area contributed by atoms with Gasteiger partial charge in [0.1, 0.15) is 0 Å². The van der Waals surface area contributed by atoms with Gasteiger partial charge in [-0.3, -0.25) is 0 Å². The average Bonchev–Trinajstić information content (AvgIpc) is 2.41. The van der Waals surface area contributed by atoms with Gasteiger partial charge in [0, 0.05) is 29.7 Å². The fourth-order valence-electron chi connectivity index (χ4n) is 2.51. The van der Waals surface area contributed by atoms with Crippen LogP contribution in [0.15, 0.2) is 18.2 Å². The molecule has 1 atom stereocenters. The lowest BCUT2D eigenvalue weighted by atomic mass is 10.0. The topological polar surface area (TPSA) is 32.3 Å². The maximum absolute atomic E-state index is 12.0. The zero-order valence-electron chi connectivity index (χ0n) is 11.7. The van der Waals surface area contributed by atoms with Crippen molar-refractivity contribution >= 4 is 29.2 Å². The molecule has 1 aliphatic rings. The van der Waals surface area contributed by atoms with Crippen LogP contribution in [0.1, 0.15) is 25.3 Å². The van der Waals surface area contributed by atoms with Gasteiger partial charge in [-0.25, -0.2) is 4.79 Å². The zero-order chi connectivity index (χ0) is 14.5. The molecule has 0 aliphatic carbocycles. The third-order valence-electron chi connectivity index (χ3n) is 3.63. The highest BCUT2D eigenvalue weighted by atomic mass is 35.5. The van der Waals surface area contributed by atoms with Crippen LogP contribution in [-0.4, -0.2) is 30.6 Å². The minimum atomic E-state index is 0.0293. The van der Waals surface area contributed by atoms with Crippen LogP contribution >= 0.6 is 23.2 Å². The largest absolute Gasteiger partial charge is 0.338 e. The third-order valence-corrected chi connectivity index (χ3v) is 4.22. The van der Waals surface area contributed by atoms with Crippen LogP contribution in [0.3, 0.4) is 0 Å². The van der Waals surface area contributed by atoms with Crippen LogP contribution in [0.5, 0.6) is 0 Å². The molecule has 110 valence electrons. The summed E-state index contributed by atoms with van der Waals surface area (Å²) in [7, 11) is 0. The molecular formula is C15H20Cl2N2O. The molecule has 20 heavy (non-hydrogen) atoms. The number of halogens is 2. The Balaban J connectivity index is 1.79. The van der Waals surface area contributed by atoms with Gasteiger partial charge in [-0.1, -0.05) is 36.2 Å². The van der Waals surface area contributed by atoms with Crippen molar-refractivity contribution in [3.8, 4) is 0 Å². The standard InChI is InChI=1S/C15H20Cl2N2O/c1-11-3-2-8-19(10-11)15(20)18-7-6-12-4-5-13(16)9-14(12)17/h4-5,9,11H,2-3,6-8,10H2,1H3,(H,18,20). The maximum Gasteiger partial charge on any atom is 0.317 e. The van der Waals surface area contributed by atoms with Gasteiger partial charge < -0.3 is 10.2 Å². The Kier molecular flexibility index (Phi) is 5.55. The first-order chi connectivity index (χ1) is 9.56. The number of nitrogens with zero attached hydrogens (tertiary/aromatic N) is 1. The molecule has 1 N–H and O–H groups in total. The van der Waals surface area contributed by atoms with Crippen molar-refractivity contribution in [2.45, 2.75) is 26.2 Å². The van der Waals surface area contributed by atoms with Gasteiger partial charge in [0.2, 0.25) is 0 Å². The number of urea groups is 1. The van der Waals surface area contributed by atoms with Crippen molar-refractivity contribution in [3.63, 3.8) is 0 Å². The van der Waals surface area contributed by atoms with Crippen molar-refractivity contribution in [1.82, 2.24) is 10.2 Å². The van der Waals surface area contributed by atoms with E-state index in [0.717, 1.165) is 25.1 Å². The first-order valence-corrected chi connectivity index (χ1v) is 7.78. The number of carbonyl (C=O) groups excluding carboxylic acids is 1. The van der Waals surface area contributed by atoms with Gasteiger partial charge in [-0.05, 0) is 42.9 Å². The van der Waals surface area contributed by atoms with E-state index in [1.165, 1.54) is 6.42 Å². The summed E-state index contributed by atoms with van der Waals surface area (Å²) in [6, 6.07) is 5.48. The summed E-state index contributed by atoms with van der Waals surface area (Å²) in [5.41, 5.74) is 1.00. The zero-order valence-corrected chi connectivity index (χ0v) is 13.2. The van der Waals surface area contributed by atoms with Crippen LogP contribution < -0.4 is 5.32 Å². The summed E-state index contributed by atoms with van der Waals surface area (Å²) < 4.78 is 0. The smallest absolute Gasteiger partial charge is 0.317 e. The molecule has 0 radical (unpaired) electrons. The number of rotatable bonds is 3. The van der Waals surface area contributed by atoms with E-state index < -0.39 is 0 Å². The van der Waals surface area contributed by atoms with E-state index in [-0.39, 0.29) is 6.03 Å². The second-order valence-electron chi connectivity index (χ2n) is 5.41. The Hall–Kier alpha value is -0.930. The van der Waals surface area contributed by atoms with Crippen LogP contribution in [0, 0.1) is 5.92 Å². The third kappa shape index (κ3) is 4.29. The molecule has 1 aliphatic heterocycles. The summed E-state index contributed by atoms with van der Waals surface area (Å²) in [5.74, 6) is 0.597. The number of likely N-dealkylation sites (tertiary alicyclic amines) is 1. The molecule has 2 rings (SSSR count). The quantitative estimate of drug-likeness (QED) is 0.899. The Morgan fingerprint density at radius 3 is 2.95 bits per heavy atom. The molecule has 1 heterocycles. The van der Waals surface area contributed by atoms with Crippen molar-refractivity contribution in [3.05, 3.63) is 33.8 Å². The number of carbonyl (C=O) groups is 1. The average molecular weight is 315 g/mol. The molecule has 0 bridgehead atoms. The molecule has 1 fully saturated rings. The number of piperidine rings is 1. The Labute approximate surface area is 130 Å². The molecule has 0 saturated carbocycles.